The number of aromatic nitrogens is 5. The van der Waals surface area contributed by atoms with Gasteiger partial charge in [0.15, 0.2) is 0 Å². The number of nitrogens with zero attached hydrogens (tertiary/aromatic N) is 6. The van der Waals surface area contributed by atoms with Crippen LogP contribution in [-0.4, -0.2) is 23.3 Å². The van der Waals surface area contributed by atoms with Gasteiger partial charge in [-0.25, -0.2) is 4.98 Å². The summed E-state index contributed by atoms with van der Waals surface area (Å²) in [5.41, 5.74) is 26.7. The standard InChI is InChI=1S/C89H58N6S/c1-54-28-47-80-70(50-54)67-18-6-12-24-77(67)93(80)62-39-31-57(32-40-62)84-73(53-90)88(89-91-74-21-9-15-27-83(74)96-89)87(60-37-45-61(46-38-60)92-75-22-10-4-16-65(75)66-17-5-11-23-76(66)92)86(59-35-43-64(44-36-59)95-79-26-14-8-20-69(79)72-52-56(3)30-49-82(72)95)85(84)58-33-41-63(42-34-58)94-78-25-13-7-19-68(78)71-51-55(2)29-48-81(71)94/h4-52H,1-3H3. The van der Waals surface area contributed by atoms with Crippen molar-refractivity contribution in [3.05, 3.63) is 320 Å². The van der Waals surface area contributed by atoms with Crippen LogP contribution in [0, 0.1) is 32.1 Å². The molecular formula is C89H58N6S. The summed E-state index contributed by atoms with van der Waals surface area (Å²) in [5, 5.41) is 23.0. The van der Waals surface area contributed by atoms with Crippen molar-refractivity contribution in [3.63, 3.8) is 0 Å². The molecule has 0 aliphatic heterocycles. The molecule has 0 radical (unpaired) electrons. The van der Waals surface area contributed by atoms with E-state index in [9.17, 15) is 5.26 Å². The van der Waals surface area contributed by atoms with Gasteiger partial charge in [-0.1, -0.05) is 187 Å². The molecule has 96 heavy (non-hydrogen) atoms. The molecule has 5 aromatic heterocycles. The van der Waals surface area contributed by atoms with Crippen molar-refractivity contribution in [3.8, 4) is 83.9 Å². The van der Waals surface area contributed by atoms with Gasteiger partial charge >= 0.3 is 0 Å². The second-order valence-corrected chi connectivity index (χ2v) is 26.6. The second-order valence-electron chi connectivity index (χ2n) is 25.5. The molecule has 0 aliphatic carbocycles. The Kier molecular flexibility index (Phi) is 12.5. The van der Waals surface area contributed by atoms with Crippen molar-refractivity contribution in [1.82, 2.24) is 23.3 Å². The van der Waals surface area contributed by atoms with Gasteiger partial charge in [-0.2, -0.15) is 5.26 Å². The summed E-state index contributed by atoms with van der Waals surface area (Å²) in [5.74, 6) is 0. The van der Waals surface area contributed by atoms with Crippen LogP contribution in [0.15, 0.2) is 297 Å². The van der Waals surface area contributed by atoms with Crippen molar-refractivity contribution in [2.75, 3.05) is 0 Å². The molecular weight excluding hydrogens is 1190 g/mol. The lowest BCUT2D eigenvalue weighted by molar-refractivity contribution is 1.18. The molecule has 0 amide bonds. The molecule has 0 aliphatic rings. The summed E-state index contributed by atoms with van der Waals surface area (Å²) in [4.78, 5) is 5.55. The first-order valence-electron chi connectivity index (χ1n) is 32.7. The zero-order valence-corrected chi connectivity index (χ0v) is 53.7. The molecule has 19 rings (SSSR count). The van der Waals surface area contributed by atoms with Crippen molar-refractivity contribution < 1.29 is 0 Å². The highest BCUT2D eigenvalue weighted by Gasteiger charge is 2.31. The summed E-state index contributed by atoms with van der Waals surface area (Å²) in [6.45, 7) is 6.50. The van der Waals surface area contributed by atoms with Crippen LogP contribution >= 0.6 is 11.3 Å². The minimum Gasteiger partial charge on any atom is -0.309 e. The second kappa shape index (κ2) is 21.6. The van der Waals surface area contributed by atoms with Crippen LogP contribution in [0.1, 0.15) is 22.3 Å². The predicted molar refractivity (Wildman–Crippen MR) is 403 cm³/mol. The molecule has 6 nitrogen and oxygen atoms in total. The molecule has 0 N–H and O–H groups in total. The summed E-state index contributed by atoms with van der Waals surface area (Å²) in [7, 11) is 0. The number of benzene rings is 14. The van der Waals surface area contributed by atoms with Gasteiger partial charge in [0.05, 0.1) is 59.9 Å². The van der Waals surface area contributed by atoms with E-state index in [1.54, 1.807) is 11.3 Å². The lowest BCUT2D eigenvalue weighted by Gasteiger charge is -2.26. The molecule has 0 saturated heterocycles. The lowest BCUT2D eigenvalue weighted by Crippen LogP contribution is -2.03. The Hall–Kier alpha value is -12.3. The summed E-state index contributed by atoms with van der Waals surface area (Å²) >= 11 is 1.64. The van der Waals surface area contributed by atoms with Crippen LogP contribution in [0.5, 0.6) is 0 Å². The monoisotopic (exact) mass is 1240 g/mol. The Balaban J connectivity index is 0.922. The molecule has 5 heterocycles. The molecule has 0 bridgehead atoms. The Bertz CT molecular complexity index is 6380. The zero-order valence-electron chi connectivity index (χ0n) is 52.9. The number of aryl methyl sites for hydroxylation is 3. The van der Waals surface area contributed by atoms with Crippen LogP contribution in [-0.2, 0) is 0 Å². The fourth-order valence-electron chi connectivity index (χ4n) is 15.6. The fraction of sp³-hybridized carbons (Fsp3) is 0.0337. The van der Waals surface area contributed by atoms with Crippen LogP contribution in [0.3, 0.4) is 0 Å². The van der Waals surface area contributed by atoms with Gasteiger partial charge in [0.2, 0.25) is 0 Å². The van der Waals surface area contributed by atoms with Crippen molar-refractivity contribution >= 4 is 109 Å². The van der Waals surface area contributed by atoms with Crippen LogP contribution in [0.2, 0.25) is 0 Å². The van der Waals surface area contributed by atoms with Gasteiger partial charge in [0.1, 0.15) is 11.1 Å². The largest absolute Gasteiger partial charge is 0.309 e. The van der Waals surface area contributed by atoms with Gasteiger partial charge in [0.25, 0.3) is 0 Å². The minimum absolute atomic E-state index is 0.549. The van der Waals surface area contributed by atoms with Gasteiger partial charge in [-0.15, -0.1) is 11.3 Å². The van der Waals surface area contributed by atoms with Crippen LogP contribution in [0.4, 0.5) is 0 Å². The molecule has 19 aromatic rings. The first kappa shape index (κ1) is 55.3. The van der Waals surface area contributed by atoms with E-state index in [1.807, 2.05) is 0 Å². The van der Waals surface area contributed by atoms with E-state index in [0.717, 1.165) is 132 Å². The highest BCUT2D eigenvalue weighted by molar-refractivity contribution is 7.21. The summed E-state index contributed by atoms with van der Waals surface area (Å²) < 4.78 is 10.6. The molecule has 0 saturated carbocycles. The minimum atomic E-state index is 0.549. The first-order chi connectivity index (χ1) is 47.3. The number of hydrogen-bond acceptors (Lipinski definition) is 3. The topological polar surface area (TPSA) is 56.4 Å². The van der Waals surface area contributed by atoms with Crippen LogP contribution in [0.25, 0.3) is 175 Å². The van der Waals surface area contributed by atoms with E-state index in [-0.39, 0.29) is 0 Å². The van der Waals surface area contributed by atoms with E-state index >= 15 is 0 Å². The summed E-state index contributed by atoms with van der Waals surface area (Å²) in [6, 6.07) is 111. The average molecular weight is 1240 g/mol. The van der Waals surface area contributed by atoms with Crippen molar-refractivity contribution in [1.29, 1.82) is 5.26 Å². The predicted octanol–water partition coefficient (Wildman–Crippen LogP) is 23.8. The van der Waals surface area contributed by atoms with Gasteiger partial charge < -0.3 is 18.3 Å². The van der Waals surface area contributed by atoms with E-state index < -0.39 is 0 Å². The van der Waals surface area contributed by atoms with Gasteiger partial charge in [-0.3, -0.25) is 0 Å². The number of thiazole rings is 1. The number of hydrogen-bond donors (Lipinski definition) is 0. The zero-order chi connectivity index (χ0) is 63.9. The summed E-state index contributed by atoms with van der Waals surface area (Å²) in [6.07, 6.45) is 0. The third-order valence-corrected chi connectivity index (χ3v) is 20.9. The van der Waals surface area contributed by atoms with Crippen molar-refractivity contribution in [2.24, 2.45) is 0 Å². The molecule has 14 aromatic carbocycles. The maximum atomic E-state index is 12.6. The third-order valence-electron chi connectivity index (χ3n) is 19.8. The number of nitriles is 1. The third kappa shape index (κ3) is 8.46. The molecule has 0 fully saturated rings. The number of rotatable bonds is 9. The molecule has 0 unspecified atom stereocenters. The SMILES string of the molecule is Cc1ccc2c(c1)c1ccccc1n2-c1ccc(-c2c(C#N)c(-c3nc4ccccc4s3)c(-c3ccc(-n4c5ccccc5c5ccccc54)cc3)c(-c3ccc(-n4c5ccccc5c5cc(C)ccc54)cc3)c2-c2ccc(-n3c4ccccc4c4cc(C)ccc43)cc2)cc1. The Morgan fingerprint density at radius 1 is 0.281 bits per heavy atom. The average Bonchev–Trinajstić information content (AvgIpc) is 1.88. The maximum absolute atomic E-state index is 12.6. The normalized spacial score (nSPS) is 11.9. The maximum Gasteiger partial charge on any atom is 0.126 e. The fourth-order valence-corrected chi connectivity index (χ4v) is 16.6. The Labute approximate surface area is 557 Å². The number of para-hydroxylation sites is 6. The number of fused-ring (bicyclic) bond motifs is 13. The van der Waals surface area contributed by atoms with Gasteiger partial charge in [-0.05, 0) is 182 Å². The first-order valence-corrected chi connectivity index (χ1v) is 33.5. The van der Waals surface area contributed by atoms with Crippen LogP contribution < -0.4 is 0 Å². The van der Waals surface area contributed by atoms with Crippen molar-refractivity contribution in [2.45, 2.75) is 20.8 Å². The van der Waals surface area contributed by atoms with Gasteiger partial charge in [0, 0.05) is 82.5 Å². The highest BCUT2D eigenvalue weighted by Crippen LogP contribution is 2.55. The lowest BCUT2D eigenvalue weighted by atomic mass is 9.77. The molecule has 7 heteroatoms. The molecule has 450 valence electrons. The van der Waals surface area contributed by atoms with E-state index in [2.05, 4.69) is 342 Å². The highest BCUT2D eigenvalue weighted by atomic mass is 32.1. The molecule has 0 spiro atoms. The van der Waals surface area contributed by atoms with E-state index in [0.29, 0.717) is 5.56 Å². The van der Waals surface area contributed by atoms with E-state index in [4.69, 9.17) is 4.98 Å². The Morgan fingerprint density at radius 2 is 0.562 bits per heavy atom. The molecule has 0 atom stereocenters. The van der Waals surface area contributed by atoms with E-state index in [1.165, 1.54) is 59.8 Å². The Morgan fingerprint density at radius 3 is 0.906 bits per heavy atom. The smallest absolute Gasteiger partial charge is 0.126 e. The quantitative estimate of drug-likeness (QED) is 0.145.